The number of fused-ring (bicyclic) bond motifs is 2. The number of rotatable bonds is 8. The van der Waals surface area contributed by atoms with Crippen LogP contribution in [0.1, 0.15) is 35.1 Å². The zero-order valence-electron chi connectivity index (χ0n) is 23.6. The third-order valence-electron chi connectivity index (χ3n) is 8.31. The summed E-state index contributed by atoms with van der Waals surface area (Å²) in [6.45, 7) is 4.76. The number of benzene rings is 2. The highest BCUT2D eigenvalue weighted by molar-refractivity contribution is 5.77. The molecule has 1 N–H and O–H groups in total. The van der Waals surface area contributed by atoms with Crippen LogP contribution in [0.25, 0.3) is 5.95 Å². The number of imidazole rings is 1. The van der Waals surface area contributed by atoms with Crippen molar-refractivity contribution in [2.24, 2.45) is 0 Å². The summed E-state index contributed by atoms with van der Waals surface area (Å²) in [4.78, 5) is 31.4. The van der Waals surface area contributed by atoms with Crippen molar-refractivity contribution in [1.82, 2.24) is 29.7 Å². The van der Waals surface area contributed by atoms with Crippen molar-refractivity contribution < 1.29 is 14.3 Å². The van der Waals surface area contributed by atoms with Crippen molar-refractivity contribution in [3.8, 4) is 17.4 Å². The van der Waals surface area contributed by atoms with Gasteiger partial charge in [-0.1, -0.05) is 24.3 Å². The molecule has 42 heavy (non-hydrogen) atoms. The van der Waals surface area contributed by atoms with E-state index in [2.05, 4.69) is 55.4 Å². The van der Waals surface area contributed by atoms with E-state index in [0.29, 0.717) is 32.1 Å². The van der Waals surface area contributed by atoms with Crippen LogP contribution in [0.5, 0.6) is 11.5 Å². The molecule has 0 bridgehead atoms. The van der Waals surface area contributed by atoms with E-state index >= 15 is 0 Å². The van der Waals surface area contributed by atoms with E-state index in [1.807, 2.05) is 18.3 Å². The average molecular weight is 566 g/mol. The Labute approximate surface area is 245 Å². The largest absolute Gasteiger partial charge is 0.486 e. The molecule has 1 unspecified atom stereocenters. The van der Waals surface area contributed by atoms with E-state index < -0.39 is 0 Å². The molecule has 0 spiro atoms. The minimum Gasteiger partial charge on any atom is -0.486 e. The summed E-state index contributed by atoms with van der Waals surface area (Å²) < 4.78 is 13.3. The van der Waals surface area contributed by atoms with Crippen molar-refractivity contribution in [1.29, 1.82) is 0 Å². The van der Waals surface area contributed by atoms with E-state index in [9.17, 15) is 4.79 Å². The van der Waals surface area contributed by atoms with Crippen LogP contribution >= 0.6 is 0 Å². The van der Waals surface area contributed by atoms with Crippen molar-refractivity contribution >= 4 is 11.7 Å². The van der Waals surface area contributed by atoms with Gasteiger partial charge in [-0.3, -0.25) is 14.3 Å². The minimum absolute atomic E-state index is 0.0376. The Bertz CT molecular complexity index is 1560. The maximum atomic E-state index is 13.3. The Kier molecular flexibility index (Phi) is 7.44. The van der Waals surface area contributed by atoms with Crippen LogP contribution in [0.3, 0.4) is 0 Å². The molecule has 7 rings (SSSR count). The van der Waals surface area contributed by atoms with Gasteiger partial charge in [0.1, 0.15) is 25.4 Å². The third kappa shape index (κ3) is 5.80. The number of hydrogen-bond acceptors (Lipinski definition) is 8. The van der Waals surface area contributed by atoms with Crippen LogP contribution in [0.2, 0.25) is 0 Å². The number of nitrogens with zero attached hydrogens (tertiary/aromatic N) is 6. The summed E-state index contributed by atoms with van der Waals surface area (Å²) in [5, 5.41) is 3.18. The van der Waals surface area contributed by atoms with Crippen molar-refractivity contribution in [3.05, 3.63) is 89.6 Å². The molecule has 1 saturated heterocycles. The minimum atomic E-state index is -0.0541. The van der Waals surface area contributed by atoms with Crippen LogP contribution in [0.15, 0.2) is 67.4 Å². The predicted octanol–water partition coefficient (Wildman–Crippen LogP) is 3.32. The molecule has 1 atom stereocenters. The van der Waals surface area contributed by atoms with Gasteiger partial charge in [-0.2, -0.15) is 4.98 Å². The highest BCUT2D eigenvalue weighted by Gasteiger charge is 2.30. The summed E-state index contributed by atoms with van der Waals surface area (Å²) in [6, 6.07) is 14.6. The number of piperazine rings is 1. The summed E-state index contributed by atoms with van der Waals surface area (Å²) in [5.41, 5.74) is 5.19. The number of anilines is 1. The third-order valence-corrected chi connectivity index (χ3v) is 8.31. The van der Waals surface area contributed by atoms with Gasteiger partial charge in [0, 0.05) is 57.7 Å². The van der Waals surface area contributed by atoms with Gasteiger partial charge in [0.2, 0.25) is 11.9 Å². The first kappa shape index (κ1) is 26.5. The molecule has 2 aromatic carbocycles. The highest BCUT2D eigenvalue weighted by Crippen LogP contribution is 2.32. The van der Waals surface area contributed by atoms with Crippen molar-refractivity contribution in [2.75, 3.05) is 37.7 Å². The SMILES string of the molecule is O=C(CC1CN(Cc2ccc3c(c2)OCCO3)CCN1c1ccnc(-n2ccnc2)n1)NCc1ccc2c(c1)CCC2. The lowest BCUT2D eigenvalue weighted by Gasteiger charge is -2.42. The molecular formula is C32H35N7O3. The lowest BCUT2D eigenvalue weighted by molar-refractivity contribution is -0.121. The first-order chi connectivity index (χ1) is 20.7. The second-order valence-corrected chi connectivity index (χ2v) is 11.2. The number of ether oxygens (including phenoxy) is 2. The van der Waals surface area contributed by atoms with Gasteiger partial charge in [-0.05, 0) is 59.7 Å². The van der Waals surface area contributed by atoms with Gasteiger partial charge in [0.15, 0.2) is 11.5 Å². The van der Waals surface area contributed by atoms with Crippen LogP contribution in [0, 0.1) is 0 Å². The molecule has 0 saturated carbocycles. The van der Waals surface area contributed by atoms with Gasteiger partial charge in [-0.25, -0.2) is 9.97 Å². The van der Waals surface area contributed by atoms with Gasteiger partial charge in [0.25, 0.3) is 0 Å². The van der Waals surface area contributed by atoms with E-state index in [0.717, 1.165) is 67.5 Å². The van der Waals surface area contributed by atoms with E-state index in [1.165, 1.54) is 17.5 Å². The monoisotopic (exact) mass is 565 g/mol. The lowest BCUT2D eigenvalue weighted by Crippen LogP contribution is -2.54. The molecule has 10 nitrogen and oxygen atoms in total. The van der Waals surface area contributed by atoms with Crippen LogP contribution < -0.4 is 19.7 Å². The second-order valence-electron chi connectivity index (χ2n) is 11.2. The zero-order valence-corrected chi connectivity index (χ0v) is 23.6. The highest BCUT2D eigenvalue weighted by atomic mass is 16.6. The maximum absolute atomic E-state index is 13.3. The smallest absolute Gasteiger partial charge is 0.236 e. The molecule has 2 aromatic heterocycles. The quantitative estimate of drug-likeness (QED) is 0.348. The number of nitrogens with one attached hydrogen (secondary N) is 1. The topological polar surface area (TPSA) is 97.6 Å². The number of amides is 1. The fourth-order valence-corrected chi connectivity index (χ4v) is 6.21. The molecule has 216 valence electrons. The fraction of sp³-hybridized carbons (Fsp3) is 0.375. The Hall–Kier alpha value is -4.44. The van der Waals surface area contributed by atoms with Crippen LogP contribution in [0.4, 0.5) is 5.82 Å². The molecule has 4 heterocycles. The summed E-state index contributed by atoms with van der Waals surface area (Å²) in [5.74, 6) is 3.00. The summed E-state index contributed by atoms with van der Waals surface area (Å²) >= 11 is 0. The number of carbonyl (C=O) groups excluding carboxylic acids is 1. The molecule has 0 radical (unpaired) electrons. The van der Waals surface area contributed by atoms with Crippen LogP contribution in [-0.2, 0) is 30.7 Å². The summed E-state index contributed by atoms with van der Waals surface area (Å²) in [6.07, 6.45) is 10.9. The Morgan fingerprint density at radius 1 is 0.952 bits per heavy atom. The number of carbonyl (C=O) groups is 1. The molecule has 1 aliphatic carbocycles. The maximum Gasteiger partial charge on any atom is 0.236 e. The van der Waals surface area contributed by atoms with Gasteiger partial charge in [0.05, 0.1) is 6.04 Å². The van der Waals surface area contributed by atoms with Crippen LogP contribution in [-0.4, -0.2) is 69.2 Å². The first-order valence-corrected chi connectivity index (χ1v) is 14.7. The Morgan fingerprint density at radius 2 is 1.83 bits per heavy atom. The number of hydrogen-bond donors (Lipinski definition) is 1. The summed E-state index contributed by atoms with van der Waals surface area (Å²) in [7, 11) is 0. The number of aromatic nitrogens is 4. The molecule has 4 aromatic rings. The molecule has 1 fully saturated rings. The second kappa shape index (κ2) is 11.8. The zero-order chi connectivity index (χ0) is 28.3. The predicted molar refractivity (Wildman–Crippen MR) is 158 cm³/mol. The average Bonchev–Trinajstić information content (AvgIpc) is 3.73. The molecular weight excluding hydrogens is 530 g/mol. The Balaban J connectivity index is 1.07. The van der Waals surface area contributed by atoms with Crippen molar-refractivity contribution in [3.63, 3.8) is 0 Å². The fourth-order valence-electron chi connectivity index (χ4n) is 6.21. The van der Waals surface area contributed by atoms with E-state index in [4.69, 9.17) is 14.5 Å². The molecule has 3 aliphatic rings. The standard InChI is InChI=1S/C32H35N7O3/c40-31(35-19-23-4-6-25-2-1-3-26(25)16-23)18-27-21-37(20-24-5-7-28-29(17-24)42-15-14-41-28)12-13-39(27)30-8-9-34-32(36-30)38-11-10-33-22-38/h4-11,16-17,22,27H,1-3,12-15,18-21H2,(H,35,40). The van der Waals surface area contributed by atoms with E-state index in [1.54, 1.807) is 23.3 Å². The van der Waals surface area contributed by atoms with Gasteiger partial charge >= 0.3 is 0 Å². The first-order valence-electron chi connectivity index (χ1n) is 14.7. The van der Waals surface area contributed by atoms with Crippen molar-refractivity contribution in [2.45, 2.75) is 44.8 Å². The van der Waals surface area contributed by atoms with Gasteiger partial charge < -0.3 is 19.7 Å². The number of aryl methyl sites for hydroxylation is 2. The molecule has 10 heteroatoms. The van der Waals surface area contributed by atoms with E-state index in [-0.39, 0.29) is 11.9 Å². The normalized spacial score (nSPS) is 18.1. The Morgan fingerprint density at radius 3 is 2.74 bits per heavy atom. The lowest BCUT2D eigenvalue weighted by atomic mass is 10.1. The molecule has 1 amide bonds. The molecule has 2 aliphatic heterocycles. The van der Waals surface area contributed by atoms with Gasteiger partial charge in [-0.15, -0.1) is 0 Å².